The molecule has 1 amide bonds. The lowest BCUT2D eigenvalue weighted by molar-refractivity contribution is -0.159. The van der Waals surface area contributed by atoms with Crippen molar-refractivity contribution in [2.75, 3.05) is 0 Å². The smallest absolute Gasteiger partial charge is 0.329 e. The molecule has 9 heteroatoms. The highest BCUT2D eigenvalue weighted by molar-refractivity contribution is 6.35. The maximum Gasteiger partial charge on any atom is 0.471 e. The molecular formula is C17H18F3N3O3. The molecule has 26 heavy (non-hydrogen) atoms. The van der Waals surface area contributed by atoms with Gasteiger partial charge in [0, 0.05) is 25.1 Å². The van der Waals surface area contributed by atoms with E-state index in [0.717, 1.165) is 5.56 Å². The average molecular weight is 369 g/mol. The van der Waals surface area contributed by atoms with Crippen LogP contribution in [0.25, 0.3) is 11.4 Å². The minimum atomic E-state index is -4.70. The van der Waals surface area contributed by atoms with E-state index in [9.17, 15) is 22.8 Å². The van der Waals surface area contributed by atoms with Gasteiger partial charge in [0.2, 0.25) is 11.6 Å². The van der Waals surface area contributed by atoms with Crippen molar-refractivity contribution in [3.8, 4) is 11.4 Å². The van der Waals surface area contributed by atoms with E-state index in [1.807, 2.05) is 13.8 Å². The summed E-state index contributed by atoms with van der Waals surface area (Å²) in [5.41, 5.74) is 1.07. The number of carbonyl (C=O) groups excluding carboxylic acids is 2. The van der Waals surface area contributed by atoms with Crippen molar-refractivity contribution in [1.29, 1.82) is 0 Å². The number of amides is 1. The van der Waals surface area contributed by atoms with Crippen molar-refractivity contribution in [2.24, 2.45) is 0 Å². The molecule has 140 valence electrons. The minimum Gasteiger partial charge on any atom is -0.329 e. The Morgan fingerprint density at radius 1 is 1.23 bits per heavy atom. The van der Waals surface area contributed by atoms with Crippen LogP contribution in [0.2, 0.25) is 0 Å². The number of halogens is 3. The Morgan fingerprint density at radius 3 is 2.31 bits per heavy atom. The molecule has 0 bridgehead atoms. The molecule has 0 aliphatic heterocycles. The molecule has 0 aliphatic rings. The SMILES string of the molecule is CCC(C)N(Cc1ccc(-c2noc(C(F)(F)F)n2)cc1)C(=O)C(C)=O. The molecule has 6 nitrogen and oxygen atoms in total. The van der Waals surface area contributed by atoms with Gasteiger partial charge in [0.05, 0.1) is 0 Å². The summed E-state index contributed by atoms with van der Waals surface area (Å²) in [5, 5.41) is 3.32. The zero-order valence-electron chi connectivity index (χ0n) is 14.5. The van der Waals surface area contributed by atoms with Crippen molar-refractivity contribution in [1.82, 2.24) is 15.0 Å². The van der Waals surface area contributed by atoms with Gasteiger partial charge < -0.3 is 9.42 Å². The molecule has 1 heterocycles. The number of benzene rings is 1. The Balaban J connectivity index is 2.19. The van der Waals surface area contributed by atoms with Gasteiger partial charge in [0.15, 0.2) is 0 Å². The van der Waals surface area contributed by atoms with Crippen LogP contribution in [0.1, 0.15) is 38.6 Å². The lowest BCUT2D eigenvalue weighted by Crippen LogP contribution is -2.41. The van der Waals surface area contributed by atoms with Gasteiger partial charge in [-0.1, -0.05) is 36.3 Å². The van der Waals surface area contributed by atoms with Crippen LogP contribution in [0, 0.1) is 0 Å². The molecule has 0 saturated carbocycles. The monoisotopic (exact) mass is 369 g/mol. The van der Waals surface area contributed by atoms with Gasteiger partial charge in [-0.2, -0.15) is 18.2 Å². The summed E-state index contributed by atoms with van der Waals surface area (Å²) >= 11 is 0. The van der Waals surface area contributed by atoms with Crippen LogP contribution < -0.4 is 0 Å². The molecule has 2 aromatic rings. The van der Waals surface area contributed by atoms with Crippen molar-refractivity contribution in [3.05, 3.63) is 35.7 Å². The highest BCUT2D eigenvalue weighted by Gasteiger charge is 2.38. The van der Waals surface area contributed by atoms with Crippen LogP contribution in [0.4, 0.5) is 13.2 Å². The van der Waals surface area contributed by atoms with E-state index in [-0.39, 0.29) is 18.4 Å². The normalized spacial score (nSPS) is 12.7. The number of alkyl halides is 3. The lowest BCUT2D eigenvalue weighted by atomic mass is 10.1. The predicted octanol–water partition coefficient (Wildman–Crippen LogP) is 3.47. The molecule has 0 saturated heterocycles. The third-order valence-corrected chi connectivity index (χ3v) is 3.92. The Morgan fingerprint density at radius 2 is 1.85 bits per heavy atom. The number of ketones is 1. The number of Topliss-reactive ketones (excluding diaryl/α,β-unsaturated/α-hetero) is 1. The topological polar surface area (TPSA) is 76.3 Å². The lowest BCUT2D eigenvalue weighted by Gasteiger charge is -2.27. The van der Waals surface area contributed by atoms with Gasteiger partial charge in [-0.05, 0) is 18.9 Å². The minimum absolute atomic E-state index is 0.127. The number of aromatic nitrogens is 2. The van der Waals surface area contributed by atoms with E-state index in [2.05, 4.69) is 14.7 Å². The molecule has 0 N–H and O–H groups in total. The highest BCUT2D eigenvalue weighted by atomic mass is 19.4. The first-order valence-corrected chi connectivity index (χ1v) is 7.95. The van der Waals surface area contributed by atoms with Gasteiger partial charge in [-0.25, -0.2) is 0 Å². The van der Waals surface area contributed by atoms with Gasteiger partial charge in [0.1, 0.15) is 0 Å². The van der Waals surface area contributed by atoms with Crippen molar-refractivity contribution in [2.45, 2.75) is 46.0 Å². The number of hydrogen-bond acceptors (Lipinski definition) is 5. The van der Waals surface area contributed by atoms with E-state index in [0.29, 0.717) is 12.0 Å². The Bertz CT molecular complexity index is 785. The second-order valence-corrected chi connectivity index (χ2v) is 5.86. The van der Waals surface area contributed by atoms with Crippen LogP contribution in [0.3, 0.4) is 0 Å². The van der Waals surface area contributed by atoms with Gasteiger partial charge in [-0.15, -0.1) is 0 Å². The summed E-state index contributed by atoms with van der Waals surface area (Å²) in [4.78, 5) is 28.3. The van der Waals surface area contributed by atoms with Crippen LogP contribution in [0.5, 0.6) is 0 Å². The average Bonchev–Trinajstić information content (AvgIpc) is 3.09. The number of rotatable bonds is 6. The first-order chi connectivity index (χ1) is 12.1. The third kappa shape index (κ3) is 4.47. The van der Waals surface area contributed by atoms with E-state index in [4.69, 9.17) is 0 Å². The Kier molecular flexibility index (Phi) is 5.79. The zero-order chi connectivity index (χ0) is 19.5. The molecule has 1 aromatic carbocycles. The molecular weight excluding hydrogens is 351 g/mol. The van der Waals surface area contributed by atoms with E-state index in [1.165, 1.54) is 24.0 Å². The number of carbonyl (C=O) groups is 2. The van der Waals surface area contributed by atoms with E-state index < -0.39 is 23.8 Å². The van der Waals surface area contributed by atoms with E-state index in [1.54, 1.807) is 12.1 Å². The third-order valence-electron chi connectivity index (χ3n) is 3.92. The quantitative estimate of drug-likeness (QED) is 0.729. The molecule has 0 spiro atoms. The standard InChI is InChI=1S/C17H18F3N3O3/c1-4-10(2)23(15(25)11(3)24)9-12-5-7-13(8-6-12)14-21-16(26-22-14)17(18,19)20/h5-8,10H,4,9H2,1-3H3. The van der Waals surface area contributed by atoms with Crippen molar-refractivity contribution >= 4 is 11.7 Å². The van der Waals surface area contributed by atoms with E-state index >= 15 is 0 Å². The fourth-order valence-corrected chi connectivity index (χ4v) is 2.26. The summed E-state index contributed by atoms with van der Waals surface area (Å²) < 4.78 is 41.7. The van der Waals surface area contributed by atoms with Crippen LogP contribution in [-0.2, 0) is 22.3 Å². The van der Waals surface area contributed by atoms with Gasteiger partial charge in [-0.3, -0.25) is 9.59 Å². The molecule has 1 unspecified atom stereocenters. The summed E-state index contributed by atoms with van der Waals surface area (Å²) in [6, 6.07) is 6.22. The highest BCUT2D eigenvalue weighted by Crippen LogP contribution is 2.29. The summed E-state index contributed by atoms with van der Waals surface area (Å²) in [6.45, 7) is 5.18. The molecule has 0 aliphatic carbocycles. The van der Waals surface area contributed by atoms with Gasteiger partial charge >= 0.3 is 12.1 Å². The second kappa shape index (κ2) is 7.67. The summed E-state index contributed by atoms with van der Waals surface area (Å²) in [5.74, 6) is -2.71. The molecule has 2 rings (SSSR count). The summed E-state index contributed by atoms with van der Waals surface area (Å²) in [7, 11) is 0. The fourth-order valence-electron chi connectivity index (χ4n) is 2.26. The first kappa shape index (κ1) is 19.6. The van der Waals surface area contributed by atoms with Crippen LogP contribution in [0.15, 0.2) is 28.8 Å². The zero-order valence-corrected chi connectivity index (χ0v) is 14.5. The number of nitrogens with zero attached hydrogens (tertiary/aromatic N) is 3. The molecule has 0 radical (unpaired) electrons. The maximum atomic E-state index is 12.5. The molecule has 1 atom stereocenters. The maximum absolute atomic E-state index is 12.5. The molecule has 0 fully saturated rings. The Labute approximate surface area is 148 Å². The number of hydrogen-bond donors (Lipinski definition) is 0. The van der Waals surface area contributed by atoms with Gasteiger partial charge in [0.25, 0.3) is 5.91 Å². The van der Waals surface area contributed by atoms with Crippen molar-refractivity contribution in [3.63, 3.8) is 0 Å². The summed E-state index contributed by atoms with van der Waals surface area (Å²) in [6.07, 6.45) is -4.02. The predicted molar refractivity (Wildman–Crippen MR) is 85.7 cm³/mol. The van der Waals surface area contributed by atoms with Crippen LogP contribution >= 0.6 is 0 Å². The largest absolute Gasteiger partial charge is 0.471 e. The van der Waals surface area contributed by atoms with Crippen molar-refractivity contribution < 1.29 is 27.3 Å². The Hall–Kier alpha value is -2.71. The molecule has 1 aromatic heterocycles. The van der Waals surface area contributed by atoms with Crippen LogP contribution in [-0.4, -0.2) is 32.8 Å². The first-order valence-electron chi connectivity index (χ1n) is 7.95. The fraction of sp³-hybridized carbons (Fsp3) is 0.412. The second-order valence-electron chi connectivity index (χ2n) is 5.86.